The van der Waals surface area contributed by atoms with Crippen LogP contribution < -0.4 is 0 Å². The van der Waals surface area contributed by atoms with Gasteiger partial charge in [0.15, 0.2) is 0 Å². The molecule has 4 aliphatic carbocycles. The fourth-order valence-corrected chi connectivity index (χ4v) is 12.7. The number of nitrogens with zero attached hydrogens (tertiary/aromatic N) is 2. The molecule has 55 heavy (non-hydrogen) atoms. The summed E-state index contributed by atoms with van der Waals surface area (Å²) in [6.07, 6.45) is 6.05. The number of benzene rings is 2. The van der Waals surface area contributed by atoms with Gasteiger partial charge in [0.1, 0.15) is 0 Å². The summed E-state index contributed by atoms with van der Waals surface area (Å²) >= 11 is 0. The van der Waals surface area contributed by atoms with Crippen molar-refractivity contribution in [2.75, 3.05) is 26.3 Å². The predicted octanol–water partition coefficient (Wildman–Crippen LogP) is 8.50. The van der Waals surface area contributed by atoms with Gasteiger partial charge in [-0.25, -0.2) is 16.8 Å². The lowest BCUT2D eigenvalue weighted by Crippen LogP contribution is -2.52. The molecule has 0 amide bonds. The third kappa shape index (κ3) is 9.56. The molecule has 0 aliphatic heterocycles. The van der Waals surface area contributed by atoms with Gasteiger partial charge in [-0.15, -0.1) is 0 Å². The monoisotopic (exact) mass is 822 g/mol. The van der Waals surface area contributed by atoms with Crippen molar-refractivity contribution >= 4 is 20.0 Å². The van der Waals surface area contributed by atoms with Gasteiger partial charge in [-0.05, 0) is 66.9 Å². The average molecular weight is 823 g/mol. The van der Waals surface area contributed by atoms with Crippen LogP contribution in [-0.4, -0.2) is 74.8 Å². The van der Waals surface area contributed by atoms with Gasteiger partial charge in [-0.3, -0.25) is 0 Å². The van der Waals surface area contributed by atoms with Crippen LogP contribution in [0.2, 0.25) is 0 Å². The van der Waals surface area contributed by atoms with Gasteiger partial charge in [0.2, 0.25) is 0 Å². The van der Waals surface area contributed by atoms with Crippen molar-refractivity contribution < 1.29 is 52.7 Å². The highest BCUT2D eigenvalue weighted by Crippen LogP contribution is 2.51. The first kappa shape index (κ1) is 42.4. The molecule has 4 saturated carbocycles. The molecule has 0 N–H and O–H groups in total. The lowest BCUT2D eigenvalue weighted by Gasteiger charge is -2.36. The zero-order valence-electron chi connectivity index (χ0n) is 30.8. The smallest absolute Gasteiger partial charge is 0.376 e. The highest BCUT2D eigenvalue weighted by atomic mass is 32.2. The highest BCUT2D eigenvalue weighted by molar-refractivity contribution is 7.90. The number of hydrogen-bond donors (Lipinski definition) is 0. The maximum Gasteiger partial charge on any atom is 0.511 e. The lowest BCUT2D eigenvalue weighted by atomic mass is 9.78. The van der Waals surface area contributed by atoms with Gasteiger partial charge in [0.05, 0.1) is 26.4 Å². The number of alkyl halides is 6. The largest absolute Gasteiger partial charge is 0.511 e. The Hall–Kier alpha value is -2.24. The van der Waals surface area contributed by atoms with E-state index in [1.54, 1.807) is 0 Å². The number of ether oxygens (including phenoxy) is 2. The Morgan fingerprint density at radius 3 is 1.29 bits per heavy atom. The molecule has 4 aliphatic rings. The van der Waals surface area contributed by atoms with E-state index in [4.69, 9.17) is 9.47 Å². The molecule has 8 nitrogen and oxygen atoms in total. The molecule has 0 spiro atoms. The molecular formula is C39H52F6N2O6S2. The van der Waals surface area contributed by atoms with Crippen LogP contribution in [0.25, 0.3) is 0 Å². The second-order valence-electron chi connectivity index (χ2n) is 15.8. The molecule has 6 rings (SSSR count). The zero-order valence-corrected chi connectivity index (χ0v) is 32.5. The Labute approximate surface area is 321 Å². The second-order valence-corrected chi connectivity index (χ2v) is 19.6. The van der Waals surface area contributed by atoms with Crippen molar-refractivity contribution in [1.82, 2.24) is 8.61 Å². The Morgan fingerprint density at radius 1 is 0.564 bits per heavy atom. The minimum Gasteiger partial charge on any atom is -0.376 e. The van der Waals surface area contributed by atoms with Crippen molar-refractivity contribution in [1.29, 1.82) is 0 Å². The summed E-state index contributed by atoms with van der Waals surface area (Å²) in [5, 5.41) is 0. The Kier molecular flexibility index (Phi) is 13.6. The van der Waals surface area contributed by atoms with Gasteiger partial charge >= 0.3 is 31.1 Å². The first-order valence-corrected chi connectivity index (χ1v) is 22.4. The summed E-state index contributed by atoms with van der Waals surface area (Å²) in [5.41, 5.74) is -9.65. The Balaban J connectivity index is 1.25. The zero-order chi connectivity index (χ0) is 39.4. The molecule has 0 aromatic heterocycles. The van der Waals surface area contributed by atoms with E-state index in [1.165, 1.54) is 0 Å². The minimum absolute atomic E-state index is 0.00863. The van der Waals surface area contributed by atoms with Crippen LogP contribution in [0.3, 0.4) is 0 Å². The molecule has 4 fully saturated rings. The number of rotatable bonds is 16. The first-order valence-electron chi connectivity index (χ1n) is 19.5. The van der Waals surface area contributed by atoms with Crippen LogP contribution in [0.5, 0.6) is 0 Å². The maximum atomic E-state index is 14.4. The molecule has 8 atom stereocenters. The van der Waals surface area contributed by atoms with E-state index in [0.29, 0.717) is 21.5 Å². The SMILES string of the molecule is O=S(=O)(N(CCCN([C@H]1C[C@H]2CCCC[C@@H]2[C@H]1COCc1ccccc1)S(=O)(=O)C(F)(F)F)[C@H]1C[C@H]2CCCC[C@@H]2[C@H]1COCc1ccccc1)C(F)(F)F. The molecular weight excluding hydrogens is 771 g/mol. The van der Waals surface area contributed by atoms with Gasteiger partial charge in [-0.1, -0.05) is 99.2 Å². The number of fused-ring (bicyclic) bond motifs is 2. The van der Waals surface area contributed by atoms with Crippen molar-refractivity contribution in [3.8, 4) is 0 Å². The number of hydrogen-bond acceptors (Lipinski definition) is 6. The molecule has 308 valence electrons. The van der Waals surface area contributed by atoms with Crippen molar-refractivity contribution in [3.05, 3.63) is 71.8 Å². The fraction of sp³-hybridized carbons (Fsp3) is 0.692. The molecule has 0 bridgehead atoms. The van der Waals surface area contributed by atoms with E-state index in [1.807, 2.05) is 60.7 Å². The summed E-state index contributed by atoms with van der Waals surface area (Å²) in [6, 6.07) is 16.1. The Morgan fingerprint density at radius 2 is 0.927 bits per heavy atom. The van der Waals surface area contributed by atoms with E-state index >= 15 is 0 Å². The van der Waals surface area contributed by atoms with Crippen molar-refractivity contribution in [2.45, 2.75) is 107 Å². The predicted molar refractivity (Wildman–Crippen MR) is 195 cm³/mol. The van der Waals surface area contributed by atoms with Gasteiger partial charge in [-0.2, -0.15) is 35.0 Å². The molecule has 0 radical (unpaired) electrons. The summed E-state index contributed by atoms with van der Waals surface area (Å²) in [5.74, 6) is -1.39. The van der Waals surface area contributed by atoms with Crippen LogP contribution in [0, 0.1) is 35.5 Å². The van der Waals surface area contributed by atoms with Gasteiger partial charge in [0.25, 0.3) is 0 Å². The molecule has 0 saturated heterocycles. The molecule has 16 heteroatoms. The standard InChI is InChI=1S/C39H52F6N2O6S2/c40-38(41,42)54(48,49)46(36-22-30-16-7-9-18-32(30)34(36)26-52-24-28-12-3-1-4-13-28)20-11-21-47(55(50,51)39(43,44)45)37-23-31-17-8-10-19-33(31)35(37)27-53-25-29-14-5-2-6-15-29/h1-6,12-15,30-37H,7-11,16-27H2/t30-,31-,32+,33+,34-,35-,36+,37+/m1/s1. The van der Waals surface area contributed by atoms with Gasteiger partial charge < -0.3 is 9.47 Å². The van der Waals surface area contributed by atoms with E-state index in [0.717, 1.165) is 49.7 Å². The van der Waals surface area contributed by atoms with Crippen molar-refractivity contribution in [3.63, 3.8) is 0 Å². The van der Waals surface area contributed by atoms with E-state index in [9.17, 15) is 43.2 Å². The minimum atomic E-state index is -5.95. The first-order chi connectivity index (χ1) is 26.1. The van der Waals surface area contributed by atoms with Crippen LogP contribution in [-0.2, 0) is 42.7 Å². The van der Waals surface area contributed by atoms with Crippen LogP contribution in [0.4, 0.5) is 26.3 Å². The molecule has 0 unspecified atom stereocenters. The summed E-state index contributed by atoms with van der Waals surface area (Å²) in [4.78, 5) is 0. The number of sulfonamides is 2. The summed E-state index contributed by atoms with van der Waals surface area (Å²) < 4.78 is 153. The van der Waals surface area contributed by atoms with E-state index in [2.05, 4.69) is 0 Å². The normalized spacial score (nSPS) is 29.1. The van der Waals surface area contributed by atoms with Gasteiger partial charge in [0, 0.05) is 37.0 Å². The third-order valence-electron chi connectivity index (χ3n) is 12.7. The second kappa shape index (κ2) is 17.7. The maximum absolute atomic E-state index is 14.4. The van der Waals surface area contributed by atoms with Crippen LogP contribution >= 0.6 is 0 Å². The van der Waals surface area contributed by atoms with E-state index < -0.39 is 74.5 Å². The highest BCUT2D eigenvalue weighted by Gasteiger charge is 2.58. The van der Waals surface area contributed by atoms with Crippen molar-refractivity contribution in [2.24, 2.45) is 35.5 Å². The quantitative estimate of drug-likeness (QED) is 0.158. The van der Waals surface area contributed by atoms with Crippen LogP contribution in [0.15, 0.2) is 60.7 Å². The van der Waals surface area contributed by atoms with E-state index in [-0.39, 0.29) is 62.9 Å². The molecule has 2 aromatic rings. The Bertz CT molecular complexity index is 1620. The van der Waals surface area contributed by atoms with Crippen LogP contribution in [0.1, 0.15) is 81.8 Å². The summed E-state index contributed by atoms with van der Waals surface area (Å²) in [6.45, 7) is -1.21. The average Bonchev–Trinajstić information content (AvgIpc) is 3.69. The molecule has 0 heterocycles. The lowest BCUT2D eigenvalue weighted by molar-refractivity contribution is -0.0523. The number of halogens is 6. The summed E-state index contributed by atoms with van der Waals surface area (Å²) in [7, 11) is -11.9. The fourth-order valence-electron chi connectivity index (χ4n) is 10.2. The third-order valence-corrected chi connectivity index (χ3v) is 16.0. The molecule has 2 aromatic carbocycles. The topological polar surface area (TPSA) is 93.2 Å².